The minimum atomic E-state index is 0.524. The molecular weight excluding hydrogens is 372 g/mol. The molecule has 2 saturated heterocycles. The highest BCUT2D eigenvalue weighted by atomic mass is 15.4. The molecular formula is C24H42N6. The van der Waals surface area contributed by atoms with Gasteiger partial charge in [0.25, 0.3) is 0 Å². The second kappa shape index (κ2) is 12.3. The predicted molar refractivity (Wildman–Crippen MR) is 127 cm³/mol. The van der Waals surface area contributed by atoms with E-state index >= 15 is 0 Å². The average Bonchev–Trinajstić information content (AvgIpc) is 3.00. The first-order valence-corrected chi connectivity index (χ1v) is 11.9. The van der Waals surface area contributed by atoms with Crippen molar-refractivity contribution in [2.45, 2.75) is 32.2 Å². The van der Waals surface area contributed by atoms with Gasteiger partial charge in [-0.15, -0.1) is 0 Å². The zero-order valence-corrected chi connectivity index (χ0v) is 19.4. The maximum absolute atomic E-state index is 4.56. The van der Waals surface area contributed by atoms with Crippen LogP contribution in [0.15, 0.2) is 35.3 Å². The van der Waals surface area contributed by atoms with Crippen LogP contribution in [0.3, 0.4) is 0 Å². The fraction of sp³-hybridized carbons (Fsp3) is 0.708. The molecule has 30 heavy (non-hydrogen) atoms. The van der Waals surface area contributed by atoms with E-state index in [0.29, 0.717) is 6.04 Å². The average molecular weight is 415 g/mol. The van der Waals surface area contributed by atoms with Gasteiger partial charge in [-0.3, -0.25) is 9.89 Å². The minimum absolute atomic E-state index is 0.524. The summed E-state index contributed by atoms with van der Waals surface area (Å²) in [4.78, 5) is 14.7. The van der Waals surface area contributed by atoms with Crippen LogP contribution < -0.4 is 5.32 Å². The molecule has 0 radical (unpaired) electrons. The summed E-state index contributed by atoms with van der Waals surface area (Å²) < 4.78 is 0. The van der Waals surface area contributed by atoms with Crippen LogP contribution in [-0.2, 0) is 0 Å². The van der Waals surface area contributed by atoms with Crippen LogP contribution in [-0.4, -0.2) is 105 Å². The number of guanidine groups is 1. The number of aliphatic imine (C=N–C) groups is 1. The topological polar surface area (TPSA) is 37.4 Å². The lowest BCUT2D eigenvalue weighted by Crippen LogP contribution is -2.53. The summed E-state index contributed by atoms with van der Waals surface area (Å²) in [6.07, 6.45) is 3.62. The number of rotatable bonds is 7. The summed E-state index contributed by atoms with van der Waals surface area (Å²) in [5, 5.41) is 3.61. The molecule has 1 unspecified atom stereocenters. The van der Waals surface area contributed by atoms with Crippen LogP contribution in [0, 0.1) is 0 Å². The van der Waals surface area contributed by atoms with Crippen LogP contribution in [0.5, 0.6) is 0 Å². The van der Waals surface area contributed by atoms with Crippen molar-refractivity contribution in [1.82, 2.24) is 24.9 Å². The molecule has 0 aliphatic carbocycles. The summed E-state index contributed by atoms with van der Waals surface area (Å²) in [6, 6.07) is 11.5. The third kappa shape index (κ3) is 6.69. The monoisotopic (exact) mass is 414 g/mol. The first kappa shape index (κ1) is 23.0. The van der Waals surface area contributed by atoms with Gasteiger partial charge in [0, 0.05) is 58.9 Å². The number of nitrogens with one attached hydrogen (secondary N) is 1. The molecule has 1 aromatic rings. The lowest BCUT2D eigenvalue weighted by Gasteiger charge is -2.40. The van der Waals surface area contributed by atoms with Crippen LogP contribution in [0.4, 0.5) is 0 Å². The molecule has 1 aromatic carbocycles. The van der Waals surface area contributed by atoms with Gasteiger partial charge in [0.15, 0.2) is 5.96 Å². The summed E-state index contributed by atoms with van der Waals surface area (Å²) in [6.45, 7) is 13.6. The van der Waals surface area contributed by atoms with Gasteiger partial charge in [0.1, 0.15) is 0 Å². The zero-order valence-electron chi connectivity index (χ0n) is 19.4. The van der Waals surface area contributed by atoms with E-state index in [1.807, 2.05) is 7.05 Å². The Bertz CT molecular complexity index is 626. The highest BCUT2D eigenvalue weighted by Gasteiger charge is 2.25. The molecule has 0 bridgehead atoms. The van der Waals surface area contributed by atoms with Crippen molar-refractivity contribution < 1.29 is 0 Å². The number of piperazine rings is 1. The SMILES string of the molecule is CCC(c1ccccc1)N1CCN(C(=NC)NCCCN2CCCN(C)CC2)CC1. The van der Waals surface area contributed by atoms with E-state index in [-0.39, 0.29) is 0 Å². The van der Waals surface area contributed by atoms with E-state index in [9.17, 15) is 0 Å². The molecule has 2 aliphatic heterocycles. The fourth-order valence-corrected chi connectivity index (χ4v) is 4.78. The van der Waals surface area contributed by atoms with Crippen LogP contribution in [0.25, 0.3) is 0 Å². The third-order valence-corrected chi connectivity index (χ3v) is 6.58. The van der Waals surface area contributed by atoms with E-state index in [4.69, 9.17) is 0 Å². The van der Waals surface area contributed by atoms with Gasteiger partial charge in [-0.2, -0.15) is 0 Å². The second-order valence-electron chi connectivity index (χ2n) is 8.68. The predicted octanol–water partition coefficient (Wildman–Crippen LogP) is 2.36. The molecule has 0 spiro atoms. The van der Waals surface area contributed by atoms with Crippen molar-refractivity contribution in [3.8, 4) is 0 Å². The van der Waals surface area contributed by atoms with Gasteiger partial charge in [-0.1, -0.05) is 37.3 Å². The van der Waals surface area contributed by atoms with Crippen molar-refractivity contribution in [2.24, 2.45) is 4.99 Å². The summed E-state index contributed by atoms with van der Waals surface area (Å²) in [5.41, 5.74) is 1.44. The van der Waals surface area contributed by atoms with Crippen LogP contribution in [0.2, 0.25) is 0 Å². The first-order chi connectivity index (χ1) is 14.7. The Labute approximate surface area is 183 Å². The Morgan fingerprint density at radius 3 is 2.47 bits per heavy atom. The molecule has 2 fully saturated rings. The van der Waals surface area contributed by atoms with Crippen LogP contribution >= 0.6 is 0 Å². The largest absolute Gasteiger partial charge is 0.356 e. The van der Waals surface area contributed by atoms with Gasteiger partial charge in [0.05, 0.1) is 0 Å². The highest BCUT2D eigenvalue weighted by molar-refractivity contribution is 5.79. The molecule has 0 amide bonds. The fourth-order valence-electron chi connectivity index (χ4n) is 4.78. The van der Waals surface area contributed by atoms with Gasteiger partial charge < -0.3 is 20.0 Å². The minimum Gasteiger partial charge on any atom is -0.356 e. The molecule has 6 heteroatoms. The van der Waals surface area contributed by atoms with Gasteiger partial charge in [0.2, 0.25) is 0 Å². The van der Waals surface area contributed by atoms with Gasteiger partial charge in [-0.05, 0) is 51.5 Å². The zero-order chi connectivity index (χ0) is 21.2. The molecule has 2 heterocycles. The Morgan fingerprint density at radius 1 is 1.00 bits per heavy atom. The van der Waals surface area contributed by atoms with Crippen molar-refractivity contribution >= 4 is 5.96 Å². The van der Waals surface area contributed by atoms with Gasteiger partial charge in [-0.25, -0.2) is 0 Å². The van der Waals surface area contributed by atoms with E-state index in [0.717, 1.165) is 45.1 Å². The number of likely N-dealkylation sites (N-methyl/N-ethyl adjacent to an activating group) is 1. The quantitative estimate of drug-likeness (QED) is 0.421. The molecule has 2 aliphatic rings. The number of benzene rings is 1. The molecule has 3 rings (SSSR count). The number of nitrogens with zero attached hydrogens (tertiary/aromatic N) is 5. The Hall–Kier alpha value is -1.63. The Morgan fingerprint density at radius 2 is 1.77 bits per heavy atom. The summed E-state index contributed by atoms with van der Waals surface area (Å²) in [7, 11) is 4.15. The number of hydrogen-bond acceptors (Lipinski definition) is 4. The summed E-state index contributed by atoms with van der Waals surface area (Å²) in [5.74, 6) is 1.07. The third-order valence-electron chi connectivity index (χ3n) is 6.58. The first-order valence-electron chi connectivity index (χ1n) is 11.9. The van der Waals surface area contributed by atoms with E-state index < -0.39 is 0 Å². The summed E-state index contributed by atoms with van der Waals surface area (Å²) >= 11 is 0. The maximum Gasteiger partial charge on any atom is 0.193 e. The van der Waals surface area contributed by atoms with Crippen molar-refractivity contribution in [1.29, 1.82) is 0 Å². The lowest BCUT2D eigenvalue weighted by molar-refractivity contribution is 0.127. The van der Waals surface area contributed by atoms with Gasteiger partial charge >= 0.3 is 0 Å². The molecule has 1 N–H and O–H groups in total. The standard InChI is InChI=1S/C24H42N6/c1-4-23(22-10-6-5-7-11-22)29-18-20-30(21-19-29)24(25-2)26-12-8-14-28-15-9-13-27(3)16-17-28/h5-7,10-11,23H,4,8-9,12-21H2,1-3H3,(H,25,26). The Kier molecular flexibility index (Phi) is 9.43. The second-order valence-corrected chi connectivity index (χ2v) is 8.68. The maximum atomic E-state index is 4.56. The lowest BCUT2D eigenvalue weighted by atomic mass is 10.0. The van der Waals surface area contributed by atoms with Crippen LogP contribution in [0.1, 0.15) is 37.8 Å². The molecule has 6 nitrogen and oxygen atoms in total. The normalized spacial score (nSPS) is 21.4. The molecule has 0 saturated carbocycles. The molecule has 168 valence electrons. The molecule has 1 atom stereocenters. The smallest absolute Gasteiger partial charge is 0.193 e. The van der Waals surface area contributed by atoms with Crippen molar-refractivity contribution in [3.05, 3.63) is 35.9 Å². The highest BCUT2D eigenvalue weighted by Crippen LogP contribution is 2.25. The number of hydrogen-bond donors (Lipinski definition) is 1. The molecule has 0 aromatic heterocycles. The van der Waals surface area contributed by atoms with E-state index in [1.165, 1.54) is 51.1 Å². The van der Waals surface area contributed by atoms with E-state index in [1.54, 1.807) is 0 Å². The van der Waals surface area contributed by atoms with Crippen molar-refractivity contribution in [2.75, 3.05) is 79.5 Å². The Balaban J connectivity index is 1.39. The van der Waals surface area contributed by atoms with E-state index in [2.05, 4.69) is 74.2 Å². The van der Waals surface area contributed by atoms with Crippen molar-refractivity contribution in [3.63, 3.8) is 0 Å².